The van der Waals surface area contributed by atoms with Crippen LogP contribution in [-0.4, -0.2) is 53.4 Å². The standard InChI is InChI=1S/C24H35N5O2/c1-15-7-8-17-14-19(24(31)26-16(2)25)23(28-21(17)13-15)29-11-9-18(10-12-29)27-20-5-3-4-6-22(20)30/h7-8,13-14,16,18,20,22,27,30H,3-6,9-12,25H2,1-2H3,(H,26,31). The molecule has 0 bridgehead atoms. The summed E-state index contributed by atoms with van der Waals surface area (Å²) in [4.78, 5) is 20.0. The van der Waals surface area contributed by atoms with Crippen LogP contribution in [-0.2, 0) is 0 Å². The number of carbonyl (C=O) groups is 1. The molecule has 1 aromatic heterocycles. The molecule has 168 valence electrons. The third-order valence-electron chi connectivity index (χ3n) is 6.53. The summed E-state index contributed by atoms with van der Waals surface area (Å²) in [5.74, 6) is 0.540. The number of anilines is 1. The summed E-state index contributed by atoms with van der Waals surface area (Å²) in [6, 6.07) is 8.63. The Morgan fingerprint density at radius 2 is 1.94 bits per heavy atom. The van der Waals surface area contributed by atoms with Crippen molar-refractivity contribution < 1.29 is 9.90 Å². The van der Waals surface area contributed by atoms with Crippen molar-refractivity contribution in [3.8, 4) is 0 Å². The number of hydrogen-bond donors (Lipinski definition) is 4. The molecule has 0 spiro atoms. The van der Waals surface area contributed by atoms with Gasteiger partial charge in [-0.1, -0.05) is 25.0 Å². The highest BCUT2D eigenvalue weighted by Gasteiger charge is 2.29. The summed E-state index contributed by atoms with van der Waals surface area (Å²) in [5, 5.41) is 17.7. The van der Waals surface area contributed by atoms with E-state index in [1.54, 1.807) is 6.92 Å². The first kappa shape index (κ1) is 22.0. The number of nitrogens with two attached hydrogens (primary N) is 1. The zero-order valence-corrected chi connectivity index (χ0v) is 18.6. The van der Waals surface area contributed by atoms with E-state index in [4.69, 9.17) is 10.7 Å². The Hall–Kier alpha value is -2.22. The van der Waals surface area contributed by atoms with Crippen LogP contribution in [0.1, 0.15) is 61.4 Å². The Labute approximate surface area is 184 Å². The van der Waals surface area contributed by atoms with Crippen LogP contribution in [0.5, 0.6) is 0 Å². The van der Waals surface area contributed by atoms with Crippen LogP contribution >= 0.6 is 0 Å². The smallest absolute Gasteiger partial charge is 0.256 e. The Kier molecular flexibility index (Phi) is 6.74. The van der Waals surface area contributed by atoms with E-state index in [0.29, 0.717) is 11.6 Å². The maximum absolute atomic E-state index is 12.9. The van der Waals surface area contributed by atoms with E-state index < -0.39 is 6.17 Å². The highest BCUT2D eigenvalue weighted by molar-refractivity contribution is 6.02. The van der Waals surface area contributed by atoms with Crippen molar-refractivity contribution in [3.05, 3.63) is 35.4 Å². The second kappa shape index (κ2) is 9.51. The molecule has 2 aromatic rings. The van der Waals surface area contributed by atoms with Gasteiger partial charge in [-0.2, -0.15) is 0 Å². The van der Waals surface area contributed by atoms with Gasteiger partial charge in [0.2, 0.25) is 0 Å². The lowest BCUT2D eigenvalue weighted by atomic mass is 9.91. The molecule has 1 aliphatic carbocycles. The number of rotatable bonds is 5. The molecule has 7 nitrogen and oxygen atoms in total. The van der Waals surface area contributed by atoms with Crippen LogP contribution in [0.25, 0.3) is 10.9 Å². The van der Waals surface area contributed by atoms with Gasteiger partial charge < -0.3 is 26.4 Å². The molecule has 7 heteroatoms. The molecular formula is C24H35N5O2. The van der Waals surface area contributed by atoms with Crippen LogP contribution in [0, 0.1) is 6.92 Å². The van der Waals surface area contributed by atoms with Gasteiger partial charge in [-0.05, 0) is 57.2 Å². The molecule has 5 N–H and O–H groups in total. The number of amides is 1. The Bertz CT molecular complexity index is 924. The first-order chi connectivity index (χ1) is 14.9. The van der Waals surface area contributed by atoms with E-state index in [9.17, 15) is 9.90 Å². The molecule has 0 radical (unpaired) electrons. The van der Waals surface area contributed by atoms with Gasteiger partial charge in [-0.25, -0.2) is 4.98 Å². The molecule has 2 heterocycles. The summed E-state index contributed by atoms with van der Waals surface area (Å²) in [7, 11) is 0. The Morgan fingerprint density at radius 1 is 1.19 bits per heavy atom. The minimum atomic E-state index is -0.425. The number of aromatic nitrogens is 1. The second-order valence-electron chi connectivity index (χ2n) is 9.20. The Balaban J connectivity index is 1.53. The molecule has 3 unspecified atom stereocenters. The number of aryl methyl sites for hydroxylation is 1. The van der Waals surface area contributed by atoms with Crippen LogP contribution in [0.2, 0.25) is 0 Å². The predicted octanol–water partition coefficient (Wildman–Crippen LogP) is 2.44. The lowest BCUT2D eigenvalue weighted by Crippen LogP contribution is -2.51. The second-order valence-corrected chi connectivity index (χ2v) is 9.20. The minimum Gasteiger partial charge on any atom is -0.392 e. The number of aliphatic hydroxyl groups excluding tert-OH is 1. The van der Waals surface area contributed by atoms with E-state index in [1.807, 2.05) is 25.1 Å². The fourth-order valence-corrected chi connectivity index (χ4v) is 4.83. The minimum absolute atomic E-state index is 0.189. The number of nitrogens with zero attached hydrogens (tertiary/aromatic N) is 2. The van der Waals surface area contributed by atoms with Gasteiger partial charge in [0, 0.05) is 30.6 Å². The van der Waals surface area contributed by atoms with E-state index in [1.165, 1.54) is 6.42 Å². The first-order valence-corrected chi connectivity index (χ1v) is 11.6. The number of aliphatic hydroxyl groups is 1. The number of fused-ring (bicyclic) bond motifs is 1. The highest BCUT2D eigenvalue weighted by atomic mass is 16.3. The van der Waals surface area contributed by atoms with E-state index in [2.05, 4.69) is 21.6 Å². The van der Waals surface area contributed by atoms with Crippen LogP contribution in [0.15, 0.2) is 24.3 Å². The molecule has 1 amide bonds. The van der Waals surface area contributed by atoms with Gasteiger partial charge in [-0.15, -0.1) is 0 Å². The lowest BCUT2D eigenvalue weighted by Gasteiger charge is -2.38. The van der Waals surface area contributed by atoms with Crippen LogP contribution in [0.4, 0.5) is 5.82 Å². The summed E-state index contributed by atoms with van der Waals surface area (Å²) < 4.78 is 0. The molecule has 31 heavy (non-hydrogen) atoms. The van der Waals surface area contributed by atoms with Crippen molar-refractivity contribution in [2.45, 2.75) is 76.7 Å². The SMILES string of the molecule is Cc1ccc2cc(C(=O)NC(C)N)c(N3CCC(NC4CCCCC4O)CC3)nc2c1. The van der Waals surface area contributed by atoms with Crippen LogP contribution < -0.4 is 21.3 Å². The zero-order chi connectivity index (χ0) is 22.0. The highest BCUT2D eigenvalue weighted by Crippen LogP contribution is 2.28. The number of piperidine rings is 1. The van der Waals surface area contributed by atoms with E-state index in [-0.39, 0.29) is 18.1 Å². The van der Waals surface area contributed by atoms with Gasteiger partial charge in [0.25, 0.3) is 5.91 Å². The monoisotopic (exact) mass is 425 g/mol. The van der Waals surface area contributed by atoms with Crippen molar-refractivity contribution in [2.75, 3.05) is 18.0 Å². The molecule has 1 saturated heterocycles. The maximum atomic E-state index is 12.9. The number of pyridine rings is 1. The van der Waals surface area contributed by atoms with Gasteiger partial charge >= 0.3 is 0 Å². The number of benzene rings is 1. The summed E-state index contributed by atoms with van der Waals surface area (Å²) in [6.45, 7) is 5.45. The van der Waals surface area contributed by atoms with Crippen molar-refractivity contribution in [1.82, 2.24) is 15.6 Å². The molecule has 1 aromatic carbocycles. The number of nitrogens with one attached hydrogen (secondary N) is 2. The molecular weight excluding hydrogens is 390 g/mol. The molecule has 4 rings (SSSR count). The number of carbonyl (C=O) groups excluding carboxylic acids is 1. The van der Waals surface area contributed by atoms with E-state index in [0.717, 1.165) is 67.5 Å². The topological polar surface area (TPSA) is 104 Å². The average Bonchev–Trinajstić information content (AvgIpc) is 2.74. The summed E-state index contributed by atoms with van der Waals surface area (Å²) in [5.41, 5.74) is 8.43. The summed E-state index contributed by atoms with van der Waals surface area (Å²) in [6.07, 6.45) is 5.53. The normalized spacial score (nSPS) is 23.7. The Morgan fingerprint density at radius 3 is 2.65 bits per heavy atom. The zero-order valence-electron chi connectivity index (χ0n) is 18.6. The quantitative estimate of drug-likeness (QED) is 0.549. The lowest BCUT2D eigenvalue weighted by molar-refractivity contribution is 0.0827. The third-order valence-corrected chi connectivity index (χ3v) is 6.53. The maximum Gasteiger partial charge on any atom is 0.256 e. The number of hydrogen-bond acceptors (Lipinski definition) is 6. The van der Waals surface area contributed by atoms with Crippen molar-refractivity contribution in [1.29, 1.82) is 0 Å². The van der Waals surface area contributed by atoms with Crippen molar-refractivity contribution in [3.63, 3.8) is 0 Å². The molecule has 2 fully saturated rings. The van der Waals surface area contributed by atoms with E-state index >= 15 is 0 Å². The average molecular weight is 426 g/mol. The van der Waals surface area contributed by atoms with Gasteiger partial charge in [0.1, 0.15) is 5.82 Å². The van der Waals surface area contributed by atoms with Crippen molar-refractivity contribution >= 4 is 22.6 Å². The van der Waals surface area contributed by atoms with Crippen LogP contribution in [0.3, 0.4) is 0 Å². The van der Waals surface area contributed by atoms with Gasteiger partial charge in [0.05, 0.1) is 23.3 Å². The fourth-order valence-electron chi connectivity index (χ4n) is 4.83. The largest absolute Gasteiger partial charge is 0.392 e. The summed E-state index contributed by atoms with van der Waals surface area (Å²) >= 11 is 0. The predicted molar refractivity (Wildman–Crippen MR) is 124 cm³/mol. The molecule has 1 saturated carbocycles. The fraction of sp³-hybridized carbons (Fsp3) is 0.583. The molecule has 3 atom stereocenters. The van der Waals surface area contributed by atoms with Crippen molar-refractivity contribution in [2.24, 2.45) is 5.73 Å². The van der Waals surface area contributed by atoms with Gasteiger partial charge in [0.15, 0.2) is 0 Å². The first-order valence-electron chi connectivity index (χ1n) is 11.6. The molecule has 1 aliphatic heterocycles. The van der Waals surface area contributed by atoms with Gasteiger partial charge in [-0.3, -0.25) is 4.79 Å². The molecule has 2 aliphatic rings. The third kappa shape index (κ3) is 5.17.